The van der Waals surface area contributed by atoms with Crippen molar-refractivity contribution in [3.63, 3.8) is 0 Å². The topological polar surface area (TPSA) is 55.8 Å². The van der Waals surface area contributed by atoms with E-state index in [4.69, 9.17) is 9.47 Å². The maximum atomic E-state index is 13.9. The van der Waals surface area contributed by atoms with E-state index in [1.54, 1.807) is 13.2 Å². The maximum absolute atomic E-state index is 13.9. The summed E-state index contributed by atoms with van der Waals surface area (Å²) < 4.78 is 51.9. The Bertz CT molecular complexity index is 671. The summed E-state index contributed by atoms with van der Waals surface area (Å²) in [7, 11) is -2.11. The molecular formula is C17H24FNO4S. The van der Waals surface area contributed by atoms with E-state index < -0.39 is 15.8 Å². The van der Waals surface area contributed by atoms with Gasteiger partial charge in [-0.05, 0) is 43.7 Å². The Morgan fingerprint density at radius 1 is 1.33 bits per heavy atom. The average Bonchev–Trinajstić information content (AvgIpc) is 2.95. The number of hydrogen-bond donors (Lipinski definition) is 0. The molecule has 2 aliphatic rings. The van der Waals surface area contributed by atoms with Gasteiger partial charge in [-0.1, -0.05) is 12.1 Å². The van der Waals surface area contributed by atoms with Gasteiger partial charge in [0.15, 0.2) is 0 Å². The number of nitrogens with zero attached hydrogens (tertiary/aromatic N) is 1. The fourth-order valence-corrected chi connectivity index (χ4v) is 5.41. The van der Waals surface area contributed by atoms with Crippen LogP contribution in [0.15, 0.2) is 29.2 Å². The summed E-state index contributed by atoms with van der Waals surface area (Å²) in [4.78, 5) is -0.246. The second-order valence-electron chi connectivity index (χ2n) is 6.51. The minimum Gasteiger partial charge on any atom is -0.385 e. The molecule has 0 unspecified atom stereocenters. The summed E-state index contributed by atoms with van der Waals surface area (Å²) >= 11 is 0. The second-order valence-corrected chi connectivity index (χ2v) is 8.42. The third-order valence-electron chi connectivity index (χ3n) is 5.29. The zero-order valence-corrected chi connectivity index (χ0v) is 14.7. The van der Waals surface area contributed by atoms with Crippen LogP contribution >= 0.6 is 0 Å². The number of methoxy groups -OCH3 is 1. The van der Waals surface area contributed by atoms with Crippen molar-refractivity contribution in [2.75, 3.05) is 33.4 Å². The number of piperidine rings is 1. The normalized spacial score (nSPS) is 24.5. The largest absolute Gasteiger partial charge is 0.385 e. The molecule has 0 aliphatic carbocycles. The van der Waals surface area contributed by atoms with Gasteiger partial charge in [0.1, 0.15) is 10.7 Å². The molecule has 0 aromatic heterocycles. The lowest BCUT2D eigenvalue weighted by molar-refractivity contribution is -0.0603. The van der Waals surface area contributed by atoms with Gasteiger partial charge < -0.3 is 9.47 Å². The number of rotatable bonds is 5. The molecular weight excluding hydrogens is 333 g/mol. The zero-order chi connectivity index (χ0) is 17.2. The monoisotopic (exact) mass is 357 g/mol. The van der Waals surface area contributed by atoms with Gasteiger partial charge in [0.2, 0.25) is 10.0 Å². The number of sulfonamides is 1. The smallest absolute Gasteiger partial charge is 0.245 e. The highest BCUT2D eigenvalue weighted by molar-refractivity contribution is 7.89. The highest BCUT2D eigenvalue weighted by atomic mass is 32.2. The average molecular weight is 357 g/mol. The minimum atomic E-state index is -3.80. The standard InChI is InChI=1S/C17H24FNO4S/c1-22-12-6-14-7-13-23-17(14)8-10-19(11-9-17)24(20,21)16-5-3-2-4-15(16)18/h2-5,14H,6-13H2,1H3/t14-/m1/s1. The lowest BCUT2D eigenvalue weighted by Gasteiger charge is -2.41. The predicted molar refractivity (Wildman–Crippen MR) is 87.7 cm³/mol. The first-order chi connectivity index (χ1) is 11.5. The van der Waals surface area contributed by atoms with Crippen molar-refractivity contribution in [3.8, 4) is 0 Å². The minimum absolute atomic E-state index is 0.246. The molecule has 1 aromatic rings. The van der Waals surface area contributed by atoms with E-state index in [2.05, 4.69) is 0 Å². The first-order valence-electron chi connectivity index (χ1n) is 8.37. The number of hydrogen-bond acceptors (Lipinski definition) is 4. The van der Waals surface area contributed by atoms with Gasteiger partial charge in [0.05, 0.1) is 5.60 Å². The first kappa shape index (κ1) is 17.8. The van der Waals surface area contributed by atoms with Gasteiger partial charge in [0, 0.05) is 33.4 Å². The molecule has 0 amide bonds. The van der Waals surface area contributed by atoms with Crippen LogP contribution in [0.2, 0.25) is 0 Å². The van der Waals surface area contributed by atoms with Crippen LogP contribution in [0.5, 0.6) is 0 Å². The molecule has 1 spiro atoms. The maximum Gasteiger partial charge on any atom is 0.245 e. The highest BCUT2D eigenvalue weighted by Gasteiger charge is 2.47. The molecule has 134 valence electrons. The van der Waals surface area contributed by atoms with Crippen LogP contribution < -0.4 is 0 Å². The molecule has 2 fully saturated rings. The van der Waals surface area contributed by atoms with Crippen molar-refractivity contribution in [1.29, 1.82) is 0 Å². The van der Waals surface area contributed by atoms with E-state index in [-0.39, 0.29) is 10.5 Å². The molecule has 0 radical (unpaired) electrons. The van der Waals surface area contributed by atoms with E-state index in [0.717, 1.165) is 12.8 Å². The molecule has 0 N–H and O–H groups in total. The fourth-order valence-electron chi connectivity index (χ4n) is 3.90. The van der Waals surface area contributed by atoms with E-state index in [1.807, 2.05) is 0 Å². The van der Waals surface area contributed by atoms with E-state index in [9.17, 15) is 12.8 Å². The Morgan fingerprint density at radius 3 is 2.71 bits per heavy atom. The van der Waals surface area contributed by atoms with Crippen LogP contribution in [0.25, 0.3) is 0 Å². The third-order valence-corrected chi connectivity index (χ3v) is 7.23. The van der Waals surface area contributed by atoms with Gasteiger partial charge in [-0.3, -0.25) is 0 Å². The van der Waals surface area contributed by atoms with Crippen molar-refractivity contribution in [1.82, 2.24) is 4.31 Å². The lowest BCUT2D eigenvalue weighted by atomic mass is 9.78. The Labute approximate surface area is 142 Å². The molecule has 1 atom stereocenters. The van der Waals surface area contributed by atoms with Crippen LogP contribution in [0.3, 0.4) is 0 Å². The van der Waals surface area contributed by atoms with Crippen molar-refractivity contribution < 1.29 is 22.3 Å². The third kappa shape index (κ3) is 3.22. The van der Waals surface area contributed by atoms with Crippen molar-refractivity contribution in [2.24, 2.45) is 5.92 Å². The predicted octanol–water partition coefficient (Wildman–Crippen LogP) is 2.42. The Morgan fingerprint density at radius 2 is 2.04 bits per heavy atom. The molecule has 24 heavy (non-hydrogen) atoms. The molecule has 0 saturated carbocycles. The van der Waals surface area contributed by atoms with Gasteiger partial charge in [-0.25, -0.2) is 12.8 Å². The number of benzene rings is 1. The van der Waals surface area contributed by atoms with Crippen LogP contribution in [0, 0.1) is 11.7 Å². The van der Waals surface area contributed by atoms with Crippen LogP contribution in [-0.4, -0.2) is 51.7 Å². The van der Waals surface area contributed by atoms with Gasteiger partial charge in [0.25, 0.3) is 0 Å². The number of halogens is 1. The molecule has 5 nitrogen and oxygen atoms in total. The number of ether oxygens (including phenoxy) is 2. The van der Waals surface area contributed by atoms with Gasteiger partial charge in [-0.2, -0.15) is 4.31 Å². The molecule has 2 heterocycles. The van der Waals surface area contributed by atoms with Crippen LogP contribution in [0.4, 0.5) is 4.39 Å². The molecule has 2 saturated heterocycles. The summed E-state index contributed by atoms with van der Waals surface area (Å²) in [5.74, 6) is -0.302. The molecule has 2 aliphatic heterocycles. The molecule has 7 heteroatoms. The summed E-state index contributed by atoms with van der Waals surface area (Å²) in [5, 5.41) is 0. The van der Waals surface area contributed by atoms with Crippen molar-refractivity contribution in [2.45, 2.75) is 36.2 Å². The Kier molecular flexibility index (Phi) is 5.24. The van der Waals surface area contributed by atoms with E-state index in [1.165, 1.54) is 22.5 Å². The van der Waals surface area contributed by atoms with Crippen LogP contribution in [-0.2, 0) is 19.5 Å². The van der Waals surface area contributed by atoms with E-state index >= 15 is 0 Å². The van der Waals surface area contributed by atoms with Crippen molar-refractivity contribution in [3.05, 3.63) is 30.1 Å². The molecule has 0 bridgehead atoms. The SMILES string of the molecule is COCC[C@@H]1CCOC12CCN(S(=O)(=O)c1ccccc1F)CC2. The molecule has 1 aromatic carbocycles. The van der Waals surface area contributed by atoms with Gasteiger partial charge in [-0.15, -0.1) is 0 Å². The summed E-state index contributed by atoms with van der Waals surface area (Å²) in [6, 6.07) is 5.54. The second kappa shape index (κ2) is 7.07. The zero-order valence-electron chi connectivity index (χ0n) is 13.9. The Hall–Kier alpha value is -1.02. The van der Waals surface area contributed by atoms with Crippen LogP contribution in [0.1, 0.15) is 25.7 Å². The van der Waals surface area contributed by atoms with E-state index in [0.29, 0.717) is 45.1 Å². The molecule has 3 rings (SSSR count). The Balaban J connectivity index is 1.72. The summed E-state index contributed by atoms with van der Waals surface area (Å²) in [6.45, 7) is 2.13. The fraction of sp³-hybridized carbons (Fsp3) is 0.647. The highest BCUT2D eigenvalue weighted by Crippen LogP contribution is 2.43. The van der Waals surface area contributed by atoms with Crippen molar-refractivity contribution >= 4 is 10.0 Å². The first-order valence-corrected chi connectivity index (χ1v) is 9.81. The quantitative estimate of drug-likeness (QED) is 0.812. The lowest BCUT2D eigenvalue weighted by Crippen LogP contribution is -2.49. The van der Waals surface area contributed by atoms with Gasteiger partial charge >= 0.3 is 0 Å². The summed E-state index contributed by atoms with van der Waals surface area (Å²) in [5.41, 5.74) is -0.250. The summed E-state index contributed by atoms with van der Waals surface area (Å²) in [6.07, 6.45) is 3.21.